The maximum atomic E-state index is 10.8. The van der Waals surface area contributed by atoms with Crippen molar-refractivity contribution in [2.24, 2.45) is 0 Å². The largest absolute Gasteiger partial charge is 0.460 e. The van der Waals surface area contributed by atoms with E-state index in [2.05, 4.69) is 4.74 Å². The molecule has 0 radical (unpaired) electrons. The van der Waals surface area contributed by atoms with Crippen molar-refractivity contribution in [3.8, 4) is 6.07 Å². The van der Waals surface area contributed by atoms with Crippen LogP contribution < -0.4 is 0 Å². The van der Waals surface area contributed by atoms with Gasteiger partial charge in [-0.3, -0.25) is 0 Å². The zero-order chi connectivity index (χ0) is 8.85. The Labute approximate surface area is 65.7 Å². The average Bonchev–Trinajstić information content (AvgIpc) is 1.88. The Kier molecular flexibility index (Phi) is 4.23. The van der Waals surface area contributed by atoms with E-state index in [-0.39, 0.29) is 6.10 Å². The summed E-state index contributed by atoms with van der Waals surface area (Å²) in [5.41, 5.74) is 0. The predicted octanol–water partition coefficient (Wildman–Crippen LogP) is 0.477. The molecule has 0 aliphatic rings. The van der Waals surface area contributed by atoms with E-state index < -0.39 is 12.1 Å². The molecule has 11 heavy (non-hydrogen) atoms. The Balaban J connectivity index is 3.92. The molecule has 1 unspecified atom stereocenters. The fraction of sp³-hybridized carbons (Fsp3) is 0.714. The summed E-state index contributed by atoms with van der Waals surface area (Å²) in [4.78, 5) is 10.8. The van der Waals surface area contributed by atoms with Gasteiger partial charge in [0, 0.05) is 7.11 Å². The monoisotopic (exact) mass is 157 g/mol. The van der Waals surface area contributed by atoms with Crippen molar-refractivity contribution in [2.75, 3.05) is 7.11 Å². The van der Waals surface area contributed by atoms with E-state index in [4.69, 9.17) is 10.00 Å². The third-order valence-electron chi connectivity index (χ3n) is 0.919. The van der Waals surface area contributed by atoms with Gasteiger partial charge in [0.25, 0.3) is 0 Å². The number of methoxy groups -OCH3 is 1. The Hall–Kier alpha value is -1.08. The lowest BCUT2D eigenvalue weighted by atomic mass is 10.4. The minimum Gasteiger partial charge on any atom is -0.460 e. The molecule has 0 saturated heterocycles. The van der Waals surface area contributed by atoms with Crippen molar-refractivity contribution in [1.82, 2.24) is 0 Å². The number of hydrogen-bond acceptors (Lipinski definition) is 4. The van der Waals surface area contributed by atoms with Crippen LogP contribution in [-0.2, 0) is 14.3 Å². The fourth-order valence-corrected chi connectivity index (χ4v) is 0.496. The van der Waals surface area contributed by atoms with Crippen molar-refractivity contribution in [3.05, 3.63) is 0 Å². The summed E-state index contributed by atoms with van der Waals surface area (Å²) in [6.45, 7) is 3.42. The highest BCUT2D eigenvalue weighted by Crippen LogP contribution is 1.96. The van der Waals surface area contributed by atoms with E-state index in [0.29, 0.717) is 0 Å². The molecule has 0 N–H and O–H groups in total. The van der Waals surface area contributed by atoms with Gasteiger partial charge in [-0.2, -0.15) is 5.26 Å². The minimum atomic E-state index is -1.10. The van der Waals surface area contributed by atoms with Crippen LogP contribution in [0.4, 0.5) is 0 Å². The highest BCUT2D eigenvalue weighted by Gasteiger charge is 2.18. The van der Waals surface area contributed by atoms with Crippen LogP contribution in [0.2, 0.25) is 0 Å². The topological polar surface area (TPSA) is 59.3 Å². The van der Waals surface area contributed by atoms with Crippen molar-refractivity contribution >= 4 is 5.97 Å². The van der Waals surface area contributed by atoms with Crippen LogP contribution in [0.3, 0.4) is 0 Å². The van der Waals surface area contributed by atoms with Crippen LogP contribution in [0, 0.1) is 11.3 Å². The number of rotatable bonds is 3. The molecule has 0 bridgehead atoms. The second-order valence-corrected chi connectivity index (χ2v) is 2.23. The molecule has 0 heterocycles. The van der Waals surface area contributed by atoms with Crippen LogP contribution in [0.15, 0.2) is 0 Å². The molecule has 0 aliphatic carbocycles. The quantitative estimate of drug-likeness (QED) is 0.559. The van der Waals surface area contributed by atoms with E-state index in [1.807, 2.05) is 0 Å². The van der Waals surface area contributed by atoms with Crippen LogP contribution in [-0.4, -0.2) is 25.3 Å². The molecule has 4 heteroatoms. The van der Waals surface area contributed by atoms with Gasteiger partial charge in [0.1, 0.15) is 6.07 Å². The zero-order valence-electron chi connectivity index (χ0n) is 6.83. The lowest BCUT2D eigenvalue weighted by Crippen LogP contribution is -2.26. The minimum absolute atomic E-state index is 0.214. The average molecular weight is 157 g/mol. The summed E-state index contributed by atoms with van der Waals surface area (Å²) in [6.07, 6.45) is -1.31. The number of nitrogens with zero attached hydrogens (tertiary/aromatic N) is 1. The molecule has 0 aromatic heterocycles. The Morgan fingerprint density at radius 2 is 2.09 bits per heavy atom. The second-order valence-electron chi connectivity index (χ2n) is 2.23. The van der Waals surface area contributed by atoms with Crippen molar-refractivity contribution in [3.63, 3.8) is 0 Å². The third-order valence-corrected chi connectivity index (χ3v) is 0.919. The number of ether oxygens (including phenoxy) is 2. The Morgan fingerprint density at radius 1 is 1.55 bits per heavy atom. The summed E-state index contributed by atoms with van der Waals surface area (Å²) in [7, 11) is 1.29. The Morgan fingerprint density at radius 3 is 2.36 bits per heavy atom. The van der Waals surface area contributed by atoms with Gasteiger partial charge in [-0.05, 0) is 13.8 Å². The van der Waals surface area contributed by atoms with Crippen molar-refractivity contribution in [2.45, 2.75) is 26.1 Å². The molecular formula is C7H11NO3. The number of carbonyl (C=O) groups is 1. The molecule has 0 amide bonds. The third kappa shape index (κ3) is 3.58. The maximum Gasteiger partial charge on any atom is 0.350 e. The SMILES string of the molecule is COC(C#N)C(=O)OC(C)C. The Bertz CT molecular complexity index is 171. The van der Waals surface area contributed by atoms with Crippen LogP contribution in [0.25, 0.3) is 0 Å². The molecule has 0 spiro atoms. The first-order valence-corrected chi connectivity index (χ1v) is 3.24. The van der Waals surface area contributed by atoms with Gasteiger partial charge in [-0.15, -0.1) is 0 Å². The zero-order valence-corrected chi connectivity index (χ0v) is 6.83. The van der Waals surface area contributed by atoms with Gasteiger partial charge < -0.3 is 9.47 Å². The van der Waals surface area contributed by atoms with E-state index in [0.717, 1.165) is 0 Å². The molecule has 0 aliphatic heterocycles. The number of hydrogen-bond donors (Lipinski definition) is 0. The number of esters is 1. The summed E-state index contributed by atoms with van der Waals surface area (Å²) < 4.78 is 9.23. The fourth-order valence-electron chi connectivity index (χ4n) is 0.496. The van der Waals surface area contributed by atoms with Gasteiger partial charge in [-0.25, -0.2) is 4.79 Å². The first kappa shape index (κ1) is 9.92. The normalized spacial score (nSPS) is 12.3. The molecule has 1 atom stereocenters. The molecule has 62 valence electrons. The maximum absolute atomic E-state index is 10.8. The lowest BCUT2D eigenvalue weighted by Gasteiger charge is -2.09. The molecular weight excluding hydrogens is 146 g/mol. The second kappa shape index (κ2) is 4.69. The van der Waals surface area contributed by atoms with Crippen molar-refractivity contribution in [1.29, 1.82) is 5.26 Å². The first-order valence-electron chi connectivity index (χ1n) is 3.24. The van der Waals surface area contributed by atoms with E-state index in [1.54, 1.807) is 19.9 Å². The molecule has 0 aromatic rings. The molecule has 0 fully saturated rings. The smallest absolute Gasteiger partial charge is 0.350 e. The predicted molar refractivity (Wildman–Crippen MR) is 37.6 cm³/mol. The number of carbonyl (C=O) groups excluding carboxylic acids is 1. The van der Waals surface area contributed by atoms with Crippen LogP contribution in [0.5, 0.6) is 0 Å². The molecule has 0 aromatic carbocycles. The van der Waals surface area contributed by atoms with Crippen molar-refractivity contribution < 1.29 is 14.3 Å². The summed E-state index contributed by atoms with van der Waals surface area (Å²) in [6, 6.07) is 1.66. The van der Waals surface area contributed by atoms with E-state index >= 15 is 0 Å². The summed E-state index contributed by atoms with van der Waals surface area (Å²) in [5.74, 6) is -0.634. The summed E-state index contributed by atoms with van der Waals surface area (Å²) in [5, 5.41) is 8.33. The lowest BCUT2D eigenvalue weighted by molar-refractivity contribution is -0.155. The van der Waals surface area contributed by atoms with Gasteiger partial charge >= 0.3 is 5.97 Å². The number of nitriles is 1. The summed E-state index contributed by atoms with van der Waals surface area (Å²) >= 11 is 0. The molecule has 0 rings (SSSR count). The van der Waals surface area contributed by atoms with Crippen LogP contribution in [0.1, 0.15) is 13.8 Å². The highest BCUT2D eigenvalue weighted by atomic mass is 16.6. The van der Waals surface area contributed by atoms with Gasteiger partial charge in [-0.1, -0.05) is 0 Å². The highest BCUT2D eigenvalue weighted by molar-refractivity contribution is 5.77. The van der Waals surface area contributed by atoms with E-state index in [9.17, 15) is 4.79 Å². The van der Waals surface area contributed by atoms with E-state index in [1.165, 1.54) is 7.11 Å². The standard InChI is InChI=1S/C7H11NO3/c1-5(2)11-7(9)6(4-8)10-3/h5-6H,1-3H3. The molecule has 4 nitrogen and oxygen atoms in total. The molecule has 0 saturated carbocycles. The van der Waals surface area contributed by atoms with Gasteiger partial charge in [0.2, 0.25) is 6.10 Å². The van der Waals surface area contributed by atoms with Gasteiger partial charge in [0.05, 0.1) is 6.10 Å². The first-order chi connectivity index (χ1) is 5.11. The van der Waals surface area contributed by atoms with Gasteiger partial charge in [0.15, 0.2) is 0 Å². The van der Waals surface area contributed by atoms with Crippen LogP contribution >= 0.6 is 0 Å².